The molecule has 0 aromatic heterocycles. The van der Waals surface area contributed by atoms with Crippen LogP contribution in [0, 0.1) is 5.92 Å². The zero-order valence-corrected chi connectivity index (χ0v) is 11.4. The van der Waals surface area contributed by atoms with Crippen LogP contribution in [0.2, 0.25) is 0 Å². The highest BCUT2D eigenvalue weighted by molar-refractivity contribution is 7.87. The number of hydrogen-bond donors (Lipinski definition) is 1. The van der Waals surface area contributed by atoms with Crippen LogP contribution in [0.3, 0.4) is 0 Å². The van der Waals surface area contributed by atoms with E-state index in [1.807, 2.05) is 0 Å². The molecule has 2 unspecified atom stereocenters. The lowest BCUT2D eigenvalue weighted by atomic mass is 9.69. The van der Waals surface area contributed by atoms with Crippen LogP contribution in [-0.4, -0.2) is 41.0 Å². The number of esters is 1. The van der Waals surface area contributed by atoms with Gasteiger partial charge in [-0.15, -0.1) is 0 Å². The van der Waals surface area contributed by atoms with E-state index in [0.29, 0.717) is 19.3 Å². The highest BCUT2D eigenvalue weighted by Gasteiger charge is 2.54. The van der Waals surface area contributed by atoms with Gasteiger partial charge in [0.05, 0.1) is 5.60 Å². The number of carbonyl (C=O) groups excluding carboxylic acids is 1. The second-order valence-corrected chi connectivity index (χ2v) is 6.83. The Balaban J connectivity index is 2.03. The fourth-order valence-corrected chi connectivity index (χ4v) is 3.14. The predicted octanol–water partition coefficient (Wildman–Crippen LogP) is 0.751. The van der Waals surface area contributed by atoms with E-state index in [4.69, 9.17) is 0 Å². The third kappa shape index (κ3) is 2.53. The number of ether oxygens (including phenoxy) is 1. The average Bonchev–Trinajstić information content (AvgIpc) is 2.69. The van der Waals surface area contributed by atoms with Gasteiger partial charge in [-0.05, 0) is 25.7 Å². The van der Waals surface area contributed by atoms with E-state index < -0.39 is 39.0 Å². The van der Waals surface area contributed by atoms with Gasteiger partial charge in [-0.2, -0.15) is 8.78 Å². The quantitative estimate of drug-likeness (QED) is 0.607. The van der Waals surface area contributed by atoms with Gasteiger partial charge >= 0.3 is 11.2 Å². The summed E-state index contributed by atoms with van der Waals surface area (Å²) < 4.78 is 61.4. The summed E-state index contributed by atoms with van der Waals surface area (Å²) in [5.74, 6) is -2.83. The molecule has 2 aliphatic rings. The lowest BCUT2D eigenvalue weighted by molar-refractivity contribution is -0.188. The summed E-state index contributed by atoms with van der Waals surface area (Å²) in [6.45, 7) is 0. The van der Waals surface area contributed by atoms with Gasteiger partial charge in [-0.3, -0.25) is 0 Å². The van der Waals surface area contributed by atoms with Crippen molar-refractivity contribution in [3.05, 3.63) is 0 Å². The molecule has 2 aliphatic carbocycles. The van der Waals surface area contributed by atoms with Crippen LogP contribution >= 0.6 is 0 Å². The Kier molecular flexibility index (Phi) is 3.81. The summed E-state index contributed by atoms with van der Waals surface area (Å²) in [6, 6.07) is 0. The van der Waals surface area contributed by atoms with Gasteiger partial charge in [0.2, 0.25) is 0 Å². The molecule has 0 aromatic rings. The number of halogens is 2. The van der Waals surface area contributed by atoms with Gasteiger partial charge in [0.1, 0.15) is 6.10 Å². The molecule has 2 saturated carbocycles. The molecular weight excluding hydrogens is 298 g/mol. The molecule has 0 bridgehead atoms. The summed E-state index contributed by atoms with van der Waals surface area (Å²) >= 11 is 0. The zero-order chi connectivity index (χ0) is 15.2. The summed E-state index contributed by atoms with van der Waals surface area (Å²) in [7, 11) is -6.10. The minimum Gasteiger partial charge on any atom is -0.743 e. The second kappa shape index (κ2) is 4.88. The van der Waals surface area contributed by atoms with E-state index in [1.54, 1.807) is 0 Å². The van der Waals surface area contributed by atoms with Crippen LogP contribution < -0.4 is 0 Å². The van der Waals surface area contributed by atoms with Crippen molar-refractivity contribution in [2.24, 2.45) is 5.92 Å². The van der Waals surface area contributed by atoms with Crippen molar-refractivity contribution in [3.63, 3.8) is 0 Å². The molecule has 0 aromatic carbocycles. The van der Waals surface area contributed by atoms with Gasteiger partial charge in [0, 0.05) is 5.92 Å². The fraction of sp³-hybridized carbons (Fsp3) is 0.909. The number of alkyl halides is 2. The largest absolute Gasteiger partial charge is 0.743 e. The van der Waals surface area contributed by atoms with E-state index >= 15 is 0 Å². The Morgan fingerprint density at radius 2 is 1.85 bits per heavy atom. The third-order valence-corrected chi connectivity index (χ3v) is 4.98. The summed E-state index contributed by atoms with van der Waals surface area (Å²) in [4.78, 5) is 11.1. The molecular formula is C11H15F2O6S-. The van der Waals surface area contributed by atoms with Gasteiger partial charge in [-0.1, -0.05) is 12.8 Å². The lowest BCUT2D eigenvalue weighted by Gasteiger charge is -2.45. The smallest absolute Gasteiger partial charge is 0.428 e. The highest BCUT2D eigenvalue weighted by Crippen LogP contribution is 2.47. The van der Waals surface area contributed by atoms with Crippen LogP contribution in [0.4, 0.5) is 8.78 Å². The first-order valence-electron chi connectivity index (χ1n) is 6.35. The van der Waals surface area contributed by atoms with E-state index in [0.717, 1.165) is 12.8 Å². The first-order chi connectivity index (χ1) is 9.08. The Morgan fingerprint density at radius 1 is 1.30 bits per heavy atom. The number of hydrogen-bond acceptors (Lipinski definition) is 6. The maximum absolute atomic E-state index is 13.0. The third-order valence-electron chi connectivity index (χ3n) is 4.18. The van der Waals surface area contributed by atoms with Gasteiger partial charge in [0.25, 0.3) is 0 Å². The molecule has 2 fully saturated rings. The van der Waals surface area contributed by atoms with E-state index in [-0.39, 0.29) is 6.42 Å². The minimum absolute atomic E-state index is 0.272. The molecule has 2 atom stereocenters. The molecule has 0 radical (unpaired) electrons. The SMILES string of the molecule is O=C(OC1CCC1C1(O)CCCC1)C(F)(F)S(=O)(=O)[O-]. The van der Waals surface area contributed by atoms with E-state index in [1.165, 1.54) is 0 Å². The molecule has 6 nitrogen and oxygen atoms in total. The maximum atomic E-state index is 13.0. The predicted molar refractivity (Wildman–Crippen MR) is 60.7 cm³/mol. The molecule has 0 aliphatic heterocycles. The summed E-state index contributed by atoms with van der Waals surface area (Å²) in [5.41, 5.74) is -1.05. The van der Waals surface area contributed by atoms with Crippen LogP contribution in [0.5, 0.6) is 0 Å². The normalized spacial score (nSPS) is 29.8. The average molecular weight is 313 g/mol. The van der Waals surface area contributed by atoms with Gasteiger partial charge in [0.15, 0.2) is 10.1 Å². The Labute approximate surface area is 114 Å². The molecule has 2 rings (SSSR count). The summed E-state index contributed by atoms with van der Waals surface area (Å²) in [6.07, 6.45) is 2.44. The topological polar surface area (TPSA) is 104 Å². The van der Waals surface area contributed by atoms with Crippen LogP contribution in [0.1, 0.15) is 38.5 Å². The van der Waals surface area contributed by atoms with Crippen molar-refractivity contribution in [2.75, 3.05) is 0 Å². The number of rotatable bonds is 4. The molecule has 0 amide bonds. The van der Waals surface area contributed by atoms with Crippen molar-refractivity contribution in [3.8, 4) is 0 Å². The molecule has 0 spiro atoms. The van der Waals surface area contributed by atoms with Crippen LogP contribution in [0.15, 0.2) is 0 Å². The van der Waals surface area contributed by atoms with Crippen molar-refractivity contribution in [1.82, 2.24) is 0 Å². The molecule has 0 heterocycles. The van der Waals surface area contributed by atoms with E-state index in [9.17, 15) is 31.7 Å². The van der Waals surface area contributed by atoms with Gasteiger partial charge < -0.3 is 14.4 Å². The molecule has 0 saturated heterocycles. The second-order valence-electron chi connectivity index (χ2n) is 5.41. The summed E-state index contributed by atoms with van der Waals surface area (Å²) in [5, 5.41) is 5.21. The fourth-order valence-electron chi connectivity index (χ4n) is 2.89. The molecule has 1 N–H and O–H groups in total. The lowest BCUT2D eigenvalue weighted by Crippen LogP contribution is -2.52. The van der Waals surface area contributed by atoms with Crippen LogP contribution in [-0.2, 0) is 19.6 Å². The maximum Gasteiger partial charge on any atom is 0.428 e. The Morgan fingerprint density at radius 3 is 2.25 bits per heavy atom. The zero-order valence-electron chi connectivity index (χ0n) is 10.5. The number of carbonyl (C=O) groups is 1. The van der Waals surface area contributed by atoms with Crippen molar-refractivity contribution < 1.29 is 36.4 Å². The van der Waals surface area contributed by atoms with Crippen molar-refractivity contribution in [1.29, 1.82) is 0 Å². The van der Waals surface area contributed by atoms with Crippen molar-refractivity contribution in [2.45, 2.75) is 55.5 Å². The Bertz CT molecular complexity index is 497. The first-order valence-corrected chi connectivity index (χ1v) is 7.75. The molecule has 116 valence electrons. The molecule has 9 heteroatoms. The monoisotopic (exact) mass is 313 g/mol. The Hall–Kier alpha value is -0.800. The van der Waals surface area contributed by atoms with Gasteiger partial charge in [-0.25, -0.2) is 13.2 Å². The van der Waals surface area contributed by atoms with Crippen molar-refractivity contribution >= 4 is 16.1 Å². The van der Waals surface area contributed by atoms with E-state index in [2.05, 4.69) is 4.74 Å². The minimum atomic E-state index is -6.10. The molecule has 20 heavy (non-hydrogen) atoms. The standard InChI is InChI=1S/C11H16F2O6S/c12-11(13,20(16,17)18)9(14)19-8-4-3-7(8)10(15)5-1-2-6-10/h7-8,15H,1-6H2,(H,16,17,18)/p-1. The van der Waals surface area contributed by atoms with Crippen LogP contribution in [0.25, 0.3) is 0 Å². The number of aliphatic hydroxyl groups is 1. The highest BCUT2D eigenvalue weighted by atomic mass is 32.2. The first kappa shape index (κ1) is 15.6.